The molecule has 0 unspecified atom stereocenters. The molecule has 3 rings (SSSR count). The summed E-state index contributed by atoms with van der Waals surface area (Å²) in [7, 11) is -3.78. The number of fused-ring (bicyclic) bond motifs is 1. The quantitative estimate of drug-likeness (QED) is 0.714. The number of rotatable bonds is 6. The van der Waals surface area contributed by atoms with Crippen LogP contribution in [0.5, 0.6) is 0 Å². The van der Waals surface area contributed by atoms with Gasteiger partial charge in [-0.3, -0.25) is 9.20 Å². The van der Waals surface area contributed by atoms with E-state index in [1.807, 2.05) is 13.8 Å². The summed E-state index contributed by atoms with van der Waals surface area (Å²) < 4.78 is 35.8. The first-order valence-corrected chi connectivity index (χ1v) is 9.51. The Labute approximate surface area is 145 Å². The minimum atomic E-state index is -3.78. The number of hydrogen-bond acceptors (Lipinski definition) is 5. The molecule has 3 heterocycles. The number of aromatic nitrogens is 3. The lowest BCUT2D eigenvalue weighted by Gasteiger charge is -2.06. The molecule has 0 aliphatic rings. The van der Waals surface area contributed by atoms with Gasteiger partial charge in [0.2, 0.25) is 10.0 Å². The maximum Gasteiger partial charge on any atom is 0.291 e. The zero-order valence-electron chi connectivity index (χ0n) is 14.3. The molecule has 0 radical (unpaired) electrons. The first-order valence-electron chi connectivity index (χ1n) is 8.02. The number of nitrogens with one attached hydrogen (secondary N) is 1. The third-order valence-corrected chi connectivity index (χ3v) is 5.29. The molecule has 0 amide bonds. The summed E-state index contributed by atoms with van der Waals surface area (Å²) in [4.78, 5) is 12.4. The van der Waals surface area contributed by atoms with Gasteiger partial charge < -0.3 is 4.42 Å². The second-order valence-corrected chi connectivity index (χ2v) is 7.43. The Morgan fingerprint density at radius 2 is 2.04 bits per heavy atom. The van der Waals surface area contributed by atoms with Gasteiger partial charge in [-0.25, -0.2) is 17.8 Å². The highest BCUT2D eigenvalue weighted by molar-refractivity contribution is 7.89. The molecular formula is C16H20N4O4S. The molecule has 8 nitrogen and oxygen atoms in total. The largest absolute Gasteiger partial charge is 0.465 e. The van der Waals surface area contributed by atoms with Crippen molar-refractivity contribution in [1.82, 2.24) is 18.9 Å². The predicted octanol–water partition coefficient (Wildman–Crippen LogP) is 1.46. The summed E-state index contributed by atoms with van der Waals surface area (Å²) >= 11 is 0. The van der Waals surface area contributed by atoms with Crippen molar-refractivity contribution in [2.75, 3.05) is 0 Å². The van der Waals surface area contributed by atoms with Gasteiger partial charge in [-0.2, -0.15) is 5.10 Å². The summed E-state index contributed by atoms with van der Waals surface area (Å²) in [6.45, 7) is 5.97. The number of hydrogen-bond donors (Lipinski definition) is 1. The Morgan fingerprint density at radius 3 is 2.64 bits per heavy atom. The van der Waals surface area contributed by atoms with Crippen LogP contribution in [0.15, 0.2) is 38.5 Å². The Kier molecular flexibility index (Phi) is 4.53. The Morgan fingerprint density at radius 1 is 1.28 bits per heavy atom. The zero-order valence-corrected chi connectivity index (χ0v) is 15.1. The molecule has 0 aliphatic carbocycles. The third kappa shape index (κ3) is 3.24. The van der Waals surface area contributed by atoms with E-state index in [9.17, 15) is 13.2 Å². The molecule has 0 aliphatic heterocycles. The van der Waals surface area contributed by atoms with E-state index in [0.717, 1.165) is 0 Å². The van der Waals surface area contributed by atoms with Crippen molar-refractivity contribution in [3.8, 4) is 0 Å². The molecule has 1 N–H and O–H groups in total. The van der Waals surface area contributed by atoms with Gasteiger partial charge in [0.05, 0.1) is 6.54 Å². The van der Waals surface area contributed by atoms with Crippen LogP contribution in [0.1, 0.15) is 31.2 Å². The van der Waals surface area contributed by atoms with Crippen LogP contribution in [0.2, 0.25) is 0 Å². The fraction of sp³-hybridized carbons (Fsp3) is 0.375. The molecule has 3 aromatic heterocycles. The van der Waals surface area contributed by atoms with Crippen LogP contribution < -0.4 is 10.3 Å². The van der Waals surface area contributed by atoms with E-state index in [1.54, 1.807) is 23.5 Å². The molecule has 0 aromatic carbocycles. The van der Waals surface area contributed by atoms with E-state index in [0.29, 0.717) is 35.8 Å². The monoisotopic (exact) mass is 364 g/mol. The maximum absolute atomic E-state index is 12.6. The highest BCUT2D eigenvalue weighted by Crippen LogP contribution is 2.15. The predicted molar refractivity (Wildman–Crippen MR) is 92.0 cm³/mol. The molecular weight excluding hydrogens is 344 g/mol. The SMILES string of the molecule is CCc1nn(CC)c(=O)c2cc(S(=O)(=O)NCc3ccc(C)o3)cn12. The lowest BCUT2D eigenvalue weighted by atomic mass is 10.4. The minimum absolute atomic E-state index is 0.0261. The zero-order chi connectivity index (χ0) is 18.2. The van der Waals surface area contributed by atoms with Crippen LogP contribution in [-0.4, -0.2) is 22.6 Å². The lowest BCUT2D eigenvalue weighted by molar-refractivity contribution is 0.475. The Hall–Kier alpha value is -2.39. The standard InChI is InChI=1S/C16H20N4O4S/c1-4-15-18-20(5-2)16(21)14-8-13(10-19(14)15)25(22,23)17-9-12-7-6-11(3)24-12/h6-8,10,17H,4-5,9H2,1-3H3. The molecule has 25 heavy (non-hydrogen) atoms. The van der Waals surface area contributed by atoms with Crippen LogP contribution in [0.3, 0.4) is 0 Å². The second-order valence-electron chi connectivity index (χ2n) is 5.66. The van der Waals surface area contributed by atoms with E-state index in [-0.39, 0.29) is 17.0 Å². The van der Waals surface area contributed by atoms with Crippen molar-refractivity contribution >= 4 is 15.5 Å². The highest BCUT2D eigenvalue weighted by atomic mass is 32.2. The van der Waals surface area contributed by atoms with E-state index in [1.165, 1.54) is 16.9 Å². The van der Waals surface area contributed by atoms with Gasteiger partial charge in [0.25, 0.3) is 5.56 Å². The van der Waals surface area contributed by atoms with Crippen LogP contribution >= 0.6 is 0 Å². The smallest absolute Gasteiger partial charge is 0.291 e. The van der Waals surface area contributed by atoms with Gasteiger partial charge in [0.1, 0.15) is 27.8 Å². The number of nitrogens with zero attached hydrogens (tertiary/aromatic N) is 3. The topological polar surface area (TPSA) is 98.6 Å². The van der Waals surface area contributed by atoms with Crippen molar-refractivity contribution in [2.45, 2.75) is 45.2 Å². The van der Waals surface area contributed by atoms with Gasteiger partial charge in [0, 0.05) is 19.2 Å². The van der Waals surface area contributed by atoms with Crippen molar-refractivity contribution < 1.29 is 12.8 Å². The third-order valence-electron chi connectivity index (χ3n) is 3.92. The number of aryl methyl sites for hydroxylation is 3. The lowest BCUT2D eigenvalue weighted by Crippen LogP contribution is -2.26. The van der Waals surface area contributed by atoms with Crippen molar-refractivity contribution in [1.29, 1.82) is 0 Å². The summed E-state index contributed by atoms with van der Waals surface area (Å²) in [6, 6.07) is 4.86. The van der Waals surface area contributed by atoms with Crippen LogP contribution in [0.25, 0.3) is 5.52 Å². The summed E-state index contributed by atoms with van der Waals surface area (Å²) in [5.41, 5.74) is -0.0225. The normalized spacial score (nSPS) is 12.1. The first kappa shape index (κ1) is 17.4. The molecule has 3 aromatic rings. The minimum Gasteiger partial charge on any atom is -0.465 e. The molecule has 134 valence electrons. The molecule has 0 saturated carbocycles. The molecule has 9 heteroatoms. The van der Waals surface area contributed by atoms with E-state index < -0.39 is 10.0 Å². The van der Waals surface area contributed by atoms with Crippen molar-refractivity contribution in [3.05, 3.63) is 52.1 Å². The summed E-state index contributed by atoms with van der Waals surface area (Å²) in [6.07, 6.45) is 2.00. The summed E-state index contributed by atoms with van der Waals surface area (Å²) in [5.74, 6) is 1.86. The molecule has 0 atom stereocenters. The second kappa shape index (κ2) is 6.49. The average molecular weight is 364 g/mol. The molecule has 0 spiro atoms. The van der Waals surface area contributed by atoms with Gasteiger partial charge in [-0.05, 0) is 32.0 Å². The first-order chi connectivity index (χ1) is 11.9. The van der Waals surface area contributed by atoms with Crippen LogP contribution in [0.4, 0.5) is 0 Å². The summed E-state index contributed by atoms with van der Waals surface area (Å²) in [5, 5.41) is 4.27. The van der Waals surface area contributed by atoms with Crippen LogP contribution in [0, 0.1) is 6.92 Å². The van der Waals surface area contributed by atoms with Gasteiger partial charge >= 0.3 is 0 Å². The number of furan rings is 1. The maximum atomic E-state index is 12.6. The molecule has 0 saturated heterocycles. The van der Waals surface area contributed by atoms with Gasteiger partial charge in [-0.1, -0.05) is 6.92 Å². The van der Waals surface area contributed by atoms with E-state index in [4.69, 9.17) is 4.42 Å². The van der Waals surface area contributed by atoms with Crippen molar-refractivity contribution in [2.24, 2.45) is 0 Å². The highest BCUT2D eigenvalue weighted by Gasteiger charge is 2.20. The Balaban J connectivity index is 2.00. The van der Waals surface area contributed by atoms with Crippen LogP contribution in [-0.2, 0) is 29.5 Å². The van der Waals surface area contributed by atoms with E-state index >= 15 is 0 Å². The van der Waals surface area contributed by atoms with Gasteiger partial charge in [0.15, 0.2) is 0 Å². The Bertz CT molecular complexity index is 1080. The van der Waals surface area contributed by atoms with E-state index in [2.05, 4.69) is 9.82 Å². The fourth-order valence-corrected chi connectivity index (χ4v) is 3.62. The van der Waals surface area contributed by atoms with Crippen molar-refractivity contribution in [3.63, 3.8) is 0 Å². The van der Waals surface area contributed by atoms with Gasteiger partial charge in [-0.15, -0.1) is 0 Å². The fourth-order valence-electron chi connectivity index (χ4n) is 2.61. The molecule has 0 bridgehead atoms. The molecule has 0 fully saturated rings. The average Bonchev–Trinajstić information content (AvgIpc) is 3.21. The number of sulfonamides is 1.